The van der Waals surface area contributed by atoms with Crippen LogP contribution in [-0.4, -0.2) is 26.9 Å². The lowest BCUT2D eigenvalue weighted by atomic mass is 10.1. The fraction of sp³-hybridized carbons (Fsp3) is 0.150. The highest BCUT2D eigenvalue weighted by Gasteiger charge is 2.33. The lowest BCUT2D eigenvalue weighted by Crippen LogP contribution is -2.37. The van der Waals surface area contributed by atoms with Gasteiger partial charge in [-0.2, -0.15) is 0 Å². The van der Waals surface area contributed by atoms with Crippen LogP contribution in [0.15, 0.2) is 71.6 Å². The van der Waals surface area contributed by atoms with Crippen LogP contribution in [0.3, 0.4) is 0 Å². The minimum absolute atomic E-state index is 0.120. The van der Waals surface area contributed by atoms with Crippen LogP contribution < -0.4 is 9.62 Å². The van der Waals surface area contributed by atoms with Crippen LogP contribution in [0.5, 0.6) is 0 Å². The van der Waals surface area contributed by atoms with Gasteiger partial charge >= 0.3 is 0 Å². The van der Waals surface area contributed by atoms with E-state index < -0.39 is 16.1 Å². The van der Waals surface area contributed by atoms with Crippen molar-refractivity contribution < 1.29 is 13.2 Å². The van der Waals surface area contributed by atoms with Crippen molar-refractivity contribution in [2.24, 2.45) is 0 Å². The van der Waals surface area contributed by atoms with E-state index in [1.54, 1.807) is 47.4 Å². The maximum absolute atomic E-state index is 12.8. The molecular formula is C20H17ClN2O3S. The van der Waals surface area contributed by atoms with Gasteiger partial charge in [0, 0.05) is 29.7 Å². The minimum atomic E-state index is -3.72. The Balaban J connectivity index is 1.54. The summed E-state index contributed by atoms with van der Waals surface area (Å²) in [5, 5.41) is 2.41. The van der Waals surface area contributed by atoms with Crippen LogP contribution in [0.2, 0.25) is 5.02 Å². The van der Waals surface area contributed by atoms with Crippen molar-refractivity contribution in [1.29, 1.82) is 0 Å². The highest BCUT2D eigenvalue weighted by atomic mass is 35.5. The van der Waals surface area contributed by atoms with E-state index in [2.05, 4.69) is 4.72 Å². The fourth-order valence-electron chi connectivity index (χ4n) is 3.28. The molecule has 1 aliphatic rings. The van der Waals surface area contributed by atoms with Gasteiger partial charge in [0.15, 0.2) is 0 Å². The van der Waals surface area contributed by atoms with E-state index in [0.717, 1.165) is 10.8 Å². The first-order valence-corrected chi connectivity index (χ1v) is 10.4. The van der Waals surface area contributed by atoms with Gasteiger partial charge in [0.2, 0.25) is 15.9 Å². The highest BCUT2D eigenvalue weighted by molar-refractivity contribution is 7.89. The molecule has 138 valence electrons. The molecule has 7 heteroatoms. The summed E-state index contributed by atoms with van der Waals surface area (Å²) in [6.45, 7) is 0.285. The number of sulfonamides is 1. The Morgan fingerprint density at radius 2 is 1.67 bits per heavy atom. The number of carbonyl (C=O) groups is 1. The van der Waals surface area contributed by atoms with Crippen LogP contribution in [0.4, 0.5) is 5.69 Å². The van der Waals surface area contributed by atoms with Gasteiger partial charge in [-0.1, -0.05) is 41.9 Å². The number of hydrogen-bond acceptors (Lipinski definition) is 3. The van der Waals surface area contributed by atoms with Crippen LogP contribution in [0.25, 0.3) is 10.8 Å². The van der Waals surface area contributed by atoms with Gasteiger partial charge in [-0.3, -0.25) is 4.79 Å². The molecule has 0 saturated carbocycles. The first-order valence-electron chi connectivity index (χ1n) is 8.49. The minimum Gasteiger partial charge on any atom is -0.311 e. The van der Waals surface area contributed by atoms with Gasteiger partial charge in [-0.15, -0.1) is 0 Å². The lowest BCUT2D eigenvalue weighted by molar-refractivity contribution is -0.117. The first-order chi connectivity index (χ1) is 12.9. The summed E-state index contributed by atoms with van der Waals surface area (Å²) in [5.41, 5.74) is 0.705. The number of rotatable bonds is 4. The molecule has 0 spiro atoms. The van der Waals surface area contributed by atoms with Gasteiger partial charge in [0.1, 0.15) is 0 Å². The van der Waals surface area contributed by atoms with E-state index in [9.17, 15) is 13.2 Å². The number of carbonyl (C=O) groups excluding carboxylic acids is 1. The van der Waals surface area contributed by atoms with Crippen molar-refractivity contribution in [1.82, 2.24) is 4.72 Å². The molecule has 1 N–H and O–H groups in total. The number of anilines is 1. The molecule has 1 atom stereocenters. The number of nitrogens with zero attached hydrogens (tertiary/aromatic N) is 1. The molecule has 3 aromatic carbocycles. The average molecular weight is 401 g/mol. The van der Waals surface area contributed by atoms with Crippen molar-refractivity contribution in [3.8, 4) is 0 Å². The normalized spacial score (nSPS) is 17.6. The van der Waals surface area contributed by atoms with Gasteiger partial charge < -0.3 is 4.90 Å². The number of amides is 1. The summed E-state index contributed by atoms with van der Waals surface area (Å²) >= 11 is 5.88. The molecule has 0 aromatic heterocycles. The molecule has 1 unspecified atom stereocenters. The van der Waals surface area contributed by atoms with Crippen molar-refractivity contribution >= 4 is 44.0 Å². The van der Waals surface area contributed by atoms with E-state index in [-0.39, 0.29) is 23.8 Å². The Bertz CT molecular complexity index is 1110. The van der Waals surface area contributed by atoms with Crippen LogP contribution >= 0.6 is 11.6 Å². The molecule has 0 aliphatic carbocycles. The summed E-state index contributed by atoms with van der Waals surface area (Å²) in [5.74, 6) is -0.122. The van der Waals surface area contributed by atoms with Crippen molar-refractivity contribution in [3.05, 3.63) is 71.8 Å². The standard InChI is InChI=1S/C20H17ClN2O3S/c21-16-6-8-18(9-7-16)23-13-17(12-20(23)24)22-27(25,26)19-10-5-14-3-1-2-4-15(14)11-19/h1-11,17,22H,12-13H2. The Hall–Kier alpha value is -2.41. The number of nitrogens with one attached hydrogen (secondary N) is 1. The molecular weight excluding hydrogens is 384 g/mol. The molecule has 4 rings (SSSR count). The third kappa shape index (κ3) is 3.69. The number of halogens is 1. The summed E-state index contributed by atoms with van der Waals surface area (Å²) < 4.78 is 28.2. The van der Waals surface area contributed by atoms with E-state index in [4.69, 9.17) is 11.6 Å². The SMILES string of the molecule is O=C1CC(NS(=O)(=O)c2ccc3ccccc3c2)CN1c1ccc(Cl)cc1. The smallest absolute Gasteiger partial charge is 0.240 e. The van der Waals surface area contributed by atoms with Gasteiger partial charge in [-0.25, -0.2) is 13.1 Å². The highest BCUT2D eigenvalue weighted by Crippen LogP contribution is 2.25. The number of fused-ring (bicyclic) bond motifs is 1. The summed E-state index contributed by atoms with van der Waals surface area (Å²) in [4.78, 5) is 14.1. The van der Waals surface area contributed by atoms with Crippen molar-refractivity contribution in [2.45, 2.75) is 17.4 Å². The van der Waals surface area contributed by atoms with Crippen molar-refractivity contribution in [2.75, 3.05) is 11.4 Å². The molecule has 1 amide bonds. The Morgan fingerprint density at radius 1 is 0.963 bits per heavy atom. The molecule has 1 heterocycles. The quantitative estimate of drug-likeness (QED) is 0.727. The fourth-order valence-corrected chi connectivity index (χ4v) is 4.67. The maximum atomic E-state index is 12.8. The van der Waals surface area contributed by atoms with E-state index in [1.165, 1.54) is 0 Å². The van der Waals surface area contributed by atoms with Gasteiger partial charge in [0.25, 0.3) is 0 Å². The Labute approximate surface area is 162 Å². The van der Waals surface area contributed by atoms with Gasteiger partial charge in [0.05, 0.1) is 4.90 Å². The summed E-state index contributed by atoms with van der Waals surface area (Å²) in [6.07, 6.45) is 0.120. The van der Waals surface area contributed by atoms with E-state index in [0.29, 0.717) is 10.7 Å². The third-order valence-corrected chi connectivity index (χ3v) is 6.39. The molecule has 1 fully saturated rings. The second-order valence-electron chi connectivity index (χ2n) is 6.51. The largest absolute Gasteiger partial charge is 0.311 e. The average Bonchev–Trinajstić information content (AvgIpc) is 3.01. The first kappa shape index (κ1) is 18.0. The second kappa shape index (κ2) is 6.96. The molecule has 1 aliphatic heterocycles. The molecule has 1 saturated heterocycles. The zero-order valence-corrected chi connectivity index (χ0v) is 15.9. The number of benzene rings is 3. The summed E-state index contributed by atoms with van der Waals surface area (Å²) in [6, 6.07) is 19.0. The van der Waals surface area contributed by atoms with Crippen LogP contribution in [0.1, 0.15) is 6.42 Å². The molecule has 27 heavy (non-hydrogen) atoms. The van der Waals surface area contributed by atoms with Gasteiger partial charge in [-0.05, 0) is 47.2 Å². The maximum Gasteiger partial charge on any atom is 0.240 e. The third-order valence-electron chi connectivity index (χ3n) is 4.62. The Kier molecular flexibility index (Phi) is 4.63. The zero-order chi connectivity index (χ0) is 19.0. The van der Waals surface area contributed by atoms with Crippen LogP contribution in [0, 0.1) is 0 Å². The lowest BCUT2D eigenvalue weighted by Gasteiger charge is -2.17. The predicted molar refractivity (Wildman–Crippen MR) is 106 cm³/mol. The molecule has 0 bridgehead atoms. The number of hydrogen-bond donors (Lipinski definition) is 1. The van der Waals surface area contributed by atoms with E-state index in [1.807, 2.05) is 24.3 Å². The van der Waals surface area contributed by atoms with Crippen LogP contribution in [-0.2, 0) is 14.8 Å². The predicted octanol–water partition coefficient (Wildman–Crippen LogP) is 3.58. The molecule has 0 radical (unpaired) electrons. The summed E-state index contributed by atoms with van der Waals surface area (Å²) in [7, 11) is -3.72. The molecule has 3 aromatic rings. The molecule has 5 nitrogen and oxygen atoms in total. The monoisotopic (exact) mass is 400 g/mol. The second-order valence-corrected chi connectivity index (χ2v) is 8.66. The Morgan fingerprint density at radius 3 is 2.41 bits per heavy atom. The zero-order valence-electron chi connectivity index (χ0n) is 14.3. The van der Waals surface area contributed by atoms with Crippen molar-refractivity contribution in [3.63, 3.8) is 0 Å². The van der Waals surface area contributed by atoms with E-state index >= 15 is 0 Å². The topological polar surface area (TPSA) is 66.5 Å².